The van der Waals surface area contributed by atoms with Crippen LogP contribution in [0.1, 0.15) is 31.7 Å². The topological polar surface area (TPSA) is 81.0 Å². The van der Waals surface area contributed by atoms with E-state index in [1.165, 1.54) is 4.57 Å². The summed E-state index contributed by atoms with van der Waals surface area (Å²) in [6.07, 6.45) is -2.79. The van der Waals surface area contributed by atoms with Gasteiger partial charge in [-0.3, -0.25) is 4.57 Å². The van der Waals surface area contributed by atoms with E-state index in [1.807, 2.05) is 23.1 Å². The number of nitrogens with zero attached hydrogens (tertiary/aromatic N) is 6. The van der Waals surface area contributed by atoms with Gasteiger partial charge >= 0.3 is 0 Å². The Morgan fingerprint density at radius 2 is 1.60 bits per heavy atom. The first-order chi connectivity index (χ1) is 16.9. The lowest BCUT2D eigenvalue weighted by molar-refractivity contribution is 0.122. The SMILES string of the molecule is CC(C)(CNc1nc(N2CCOCC2)nc(-n2c(C(F)F)nc3ccccc32)n1)c1ccccc1. The molecule has 0 radical (unpaired) electrons. The van der Waals surface area contributed by atoms with Crippen LogP contribution < -0.4 is 10.2 Å². The molecular formula is C25H27F2N7O. The quantitative estimate of drug-likeness (QED) is 0.421. The molecule has 4 aromatic rings. The average molecular weight is 480 g/mol. The van der Waals surface area contributed by atoms with Gasteiger partial charge in [-0.1, -0.05) is 56.3 Å². The Kier molecular flexibility index (Phi) is 6.29. The zero-order valence-corrected chi connectivity index (χ0v) is 19.7. The Bertz CT molecular complexity index is 1300. The molecule has 5 rings (SSSR count). The van der Waals surface area contributed by atoms with Gasteiger partial charge in [0.25, 0.3) is 6.43 Å². The minimum atomic E-state index is -2.79. The first kappa shape index (κ1) is 23.1. The second-order valence-electron chi connectivity index (χ2n) is 9.06. The maximum Gasteiger partial charge on any atom is 0.296 e. The summed E-state index contributed by atoms with van der Waals surface area (Å²) >= 11 is 0. The molecule has 0 unspecified atom stereocenters. The van der Waals surface area contributed by atoms with Gasteiger partial charge in [0.2, 0.25) is 17.8 Å². The Balaban J connectivity index is 1.56. The number of para-hydroxylation sites is 2. The second-order valence-corrected chi connectivity index (χ2v) is 9.06. The highest BCUT2D eigenvalue weighted by Gasteiger charge is 2.25. The van der Waals surface area contributed by atoms with E-state index in [-0.39, 0.29) is 11.4 Å². The molecule has 182 valence electrons. The lowest BCUT2D eigenvalue weighted by Crippen LogP contribution is -2.38. The lowest BCUT2D eigenvalue weighted by atomic mass is 9.85. The zero-order valence-electron chi connectivity index (χ0n) is 19.7. The smallest absolute Gasteiger partial charge is 0.296 e. The van der Waals surface area contributed by atoms with E-state index >= 15 is 0 Å². The first-order valence-corrected chi connectivity index (χ1v) is 11.6. The maximum atomic E-state index is 14.0. The number of ether oxygens (including phenoxy) is 1. The number of imidazole rings is 1. The number of fused-ring (bicyclic) bond motifs is 1. The van der Waals surface area contributed by atoms with E-state index in [4.69, 9.17) is 4.74 Å². The lowest BCUT2D eigenvalue weighted by Gasteiger charge is -2.28. The highest BCUT2D eigenvalue weighted by Crippen LogP contribution is 2.28. The van der Waals surface area contributed by atoms with Gasteiger partial charge in [-0.2, -0.15) is 15.0 Å². The van der Waals surface area contributed by atoms with Crippen LogP contribution in [0.15, 0.2) is 54.6 Å². The Hall–Kier alpha value is -3.66. The summed E-state index contributed by atoms with van der Waals surface area (Å²) in [5.41, 5.74) is 1.91. The van der Waals surface area contributed by atoms with Crippen molar-refractivity contribution >= 4 is 22.9 Å². The monoisotopic (exact) mass is 479 g/mol. The molecule has 8 nitrogen and oxygen atoms in total. The normalized spacial score (nSPS) is 14.6. The van der Waals surface area contributed by atoms with Crippen LogP contribution >= 0.6 is 0 Å². The van der Waals surface area contributed by atoms with Gasteiger partial charge in [0, 0.05) is 25.0 Å². The number of benzene rings is 2. The van der Waals surface area contributed by atoms with Gasteiger partial charge in [0.05, 0.1) is 24.2 Å². The Morgan fingerprint density at radius 1 is 0.914 bits per heavy atom. The molecule has 10 heteroatoms. The fourth-order valence-electron chi connectivity index (χ4n) is 4.13. The molecule has 1 fully saturated rings. The van der Waals surface area contributed by atoms with Crippen molar-refractivity contribution in [1.82, 2.24) is 24.5 Å². The third-order valence-corrected chi connectivity index (χ3v) is 6.13. The van der Waals surface area contributed by atoms with Crippen LogP contribution in [0.2, 0.25) is 0 Å². The van der Waals surface area contributed by atoms with Crippen molar-refractivity contribution < 1.29 is 13.5 Å². The van der Waals surface area contributed by atoms with Gasteiger partial charge in [0.15, 0.2) is 5.82 Å². The second kappa shape index (κ2) is 9.53. The van der Waals surface area contributed by atoms with Crippen LogP contribution in [0.25, 0.3) is 17.0 Å². The van der Waals surface area contributed by atoms with E-state index in [2.05, 4.69) is 51.2 Å². The van der Waals surface area contributed by atoms with Crippen LogP contribution in [0.3, 0.4) is 0 Å². The van der Waals surface area contributed by atoms with Gasteiger partial charge in [-0.15, -0.1) is 0 Å². The summed E-state index contributed by atoms with van der Waals surface area (Å²) in [7, 11) is 0. The highest BCUT2D eigenvalue weighted by atomic mass is 19.3. The fraction of sp³-hybridized carbons (Fsp3) is 0.360. The van der Waals surface area contributed by atoms with E-state index < -0.39 is 12.2 Å². The number of anilines is 2. The van der Waals surface area contributed by atoms with E-state index in [0.717, 1.165) is 5.56 Å². The molecular weight excluding hydrogens is 452 g/mol. The molecule has 0 aliphatic carbocycles. The fourth-order valence-corrected chi connectivity index (χ4v) is 4.13. The molecule has 0 atom stereocenters. The summed E-state index contributed by atoms with van der Waals surface area (Å²) in [6.45, 7) is 7.07. The molecule has 2 aromatic carbocycles. The van der Waals surface area contributed by atoms with Crippen LogP contribution in [0.4, 0.5) is 20.7 Å². The zero-order chi connectivity index (χ0) is 24.4. The predicted octanol–water partition coefficient (Wildman–Crippen LogP) is 4.37. The molecule has 1 aliphatic heterocycles. The minimum absolute atomic E-state index is 0.102. The number of morpholine rings is 1. The minimum Gasteiger partial charge on any atom is -0.378 e. The molecule has 2 aromatic heterocycles. The van der Waals surface area contributed by atoms with Crippen LogP contribution in [0.5, 0.6) is 0 Å². The van der Waals surface area contributed by atoms with Crippen molar-refractivity contribution in [3.8, 4) is 5.95 Å². The molecule has 0 amide bonds. The van der Waals surface area contributed by atoms with Crippen LogP contribution in [-0.2, 0) is 10.2 Å². The van der Waals surface area contributed by atoms with Crippen molar-refractivity contribution in [2.24, 2.45) is 0 Å². The van der Waals surface area contributed by atoms with Gasteiger partial charge < -0.3 is 15.0 Å². The summed E-state index contributed by atoms with van der Waals surface area (Å²) in [4.78, 5) is 19.9. The highest BCUT2D eigenvalue weighted by molar-refractivity contribution is 5.77. The Labute approximate surface area is 202 Å². The molecule has 0 bridgehead atoms. The van der Waals surface area contributed by atoms with Crippen molar-refractivity contribution in [1.29, 1.82) is 0 Å². The molecule has 0 saturated carbocycles. The number of halogens is 2. The maximum absolute atomic E-state index is 14.0. The van der Waals surface area contributed by atoms with Crippen molar-refractivity contribution in [3.05, 3.63) is 66.0 Å². The summed E-state index contributed by atoms with van der Waals surface area (Å²) in [5, 5.41) is 3.32. The van der Waals surface area contributed by atoms with Crippen LogP contribution in [-0.4, -0.2) is 57.4 Å². The number of aromatic nitrogens is 5. The van der Waals surface area contributed by atoms with Crippen molar-refractivity contribution in [2.75, 3.05) is 43.1 Å². The number of alkyl halides is 2. The molecule has 1 N–H and O–H groups in total. The molecule has 1 aliphatic rings. The van der Waals surface area contributed by atoms with Crippen LogP contribution in [0, 0.1) is 0 Å². The summed E-state index contributed by atoms with van der Waals surface area (Å²) in [5.74, 6) is 0.432. The number of rotatable bonds is 7. The molecule has 3 heterocycles. The Morgan fingerprint density at radius 3 is 2.34 bits per heavy atom. The van der Waals surface area contributed by atoms with E-state index in [0.29, 0.717) is 55.8 Å². The van der Waals surface area contributed by atoms with E-state index in [9.17, 15) is 8.78 Å². The molecule has 1 saturated heterocycles. The van der Waals surface area contributed by atoms with Gasteiger partial charge in [0.1, 0.15) is 0 Å². The molecule has 0 spiro atoms. The molecule has 35 heavy (non-hydrogen) atoms. The van der Waals surface area contributed by atoms with Gasteiger partial charge in [-0.05, 0) is 17.7 Å². The third kappa shape index (κ3) is 4.79. The van der Waals surface area contributed by atoms with Crippen molar-refractivity contribution in [3.63, 3.8) is 0 Å². The summed E-state index contributed by atoms with van der Waals surface area (Å²) < 4.78 is 34.8. The standard InChI is InChI=1S/C25H27F2N7O/c1-25(2,17-8-4-3-5-9-17)16-28-22-30-23(33-12-14-35-15-13-33)32-24(31-22)34-19-11-7-6-10-18(19)29-21(34)20(26)27/h3-11,20H,12-16H2,1-2H3,(H,28,30,31,32). The third-order valence-electron chi connectivity index (χ3n) is 6.13. The average Bonchev–Trinajstić information content (AvgIpc) is 3.29. The first-order valence-electron chi connectivity index (χ1n) is 11.6. The van der Waals surface area contributed by atoms with Crippen molar-refractivity contribution in [2.45, 2.75) is 25.7 Å². The van der Waals surface area contributed by atoms with E-state index in [1.54, 1.807) is 24.3 Å². The number of nitrogens with one attached hydrogen (secondary N) is 1. The number of hydrogen-bond donors (Lipinski definition) is 1. The largest absolute Gasteiger partial charge is 0.378 e. The number of hydrogen-bond acceptors (Lipinski definition) is 7. The predicted molar refractivity (Wildman–Crippen MR) is 130 cm³/mol. The van der Waals surface area contributed by atoms with Gasteiger partial charge in [-0.25, -0.2) is 13.8 Å². The summed E-state index contributed by atoms with van der Waals surface area (Å²) in [6, 6.07) is 17.1.